The fraction of sp³-hybridized carbons (Fsp3) is 0.900. The lowest BCUT2D eigenvalue weighted by molar-refractivity contribution is 0.0346. The summed E-state index contributed by atoms with van der Waals surface area (Å²) in [5.74, 6) is 0.631. The zero-order valence-electron chi connectivity index (χ0n) is 8.89. The van der Waals surface area contributed by atoms with Gasteiger partial charge in [0, 0.05) is 19.7 Å². The van der Waals surface area contributed by atoms with E-state index >= 15 is 0 Å². The second kappa shape index (κ2) is 4.09. The molecule has 0 amide bonds. The van der Waals surface area contributed by atoms with Gasteiger partial charge in [-0.3, -0.25) is 5.41 Å². The molecule has 1 rings (SSSR count). The highest BCUT2D eigenvalue weighted by atomic mass is 16.5. The van der Waals surface area contributed by atoms with E-state index in [9.17, 15) is 0 Å². The maximum Gasteiger partial charge on any atom is 0.128 e. The summed E-state index contributed by atoms with van der Waals surface area (Å²) in [5, 5.41) is 7.99. The number of amidine groups is 1. The molecule has 1 aliphatic heterocycles. The average Bonchev–Trinajstić information content (AvgIpc) is 2.54. The average molecular weight is 184 g/mol. The van der Waals surface area contributed by atoms with Crippen LogP contribution in [0.4, 0.5) is 0 Å². The Bertz CT molecular complexity index is 183. The number of nitrogens with zero attached hydrogens (tertiary/aromatic N) is 1. The predicted octanol–water partition coefficient (Wildman–Crippen LogP) is 1.87. The van der Waals surface area contributed by atoms with E-state index in [-0.39, 0.29) is 0 Å². The van der Waals surface area contributed by atoms with Crippen LogP contribution >= 0.6 is 0 Å². The monoisotopic (exact) mass is 184 g/mol. The minimum absolute atomic E-state index is 0.418. The highest BCUT2D eigenvalue weighted by molar-refractivity contribution is 5.87. The summed E-state index contributed by atoms with van der Waals surface area (Å²) >= 11 is 0. The van der Waals surface area contributed by atoms with Crippen molar-refractivity contribution in [2.75, 3.05) is 19.7 Å². The van der Waals surface area contributed by atoms with Crippen molar-refractivity contribution in [1.29, 1.82) is 5.41 Å². The summed E-state index contributed by atoms with van der Waals surface area (Å²) in [4.78, 5) is 2.12. The van der Waals surface area contributed by atoms with Gasteiger partial charge in [0.2, 0.25) is 0 Å². The summed E-state index contributed by atoms with van der Waals surface area (Å²) in [6.07, 6.45) is 2.43. The van der Waals surface area contributed by atoms with Gasteiger partial charge in [-0.25, -0.2) is 0 Å². The first-order valence-corrected chi connectivity index (χ1v) is 5.06. The van der Waals surface area contributed by atoms with E-state index < -0.39 is 5.60 Å². The molecule has 0 saturated carbocycles. The third kappa shape index (κ3) is 2.44. The van der Waals surface area contributed by atoms with Crippen LogP contribution in [-0.2, 0) is 4.74 Å². The van der Waals surface area contributed by atoms with Crippen molar-refractivity contribution in [3.63, 3.8) is 0 Å². The van der Waals surface area contributed by atoms with Crippen molar-refractivity contribution in [3.05, 3.63) is 0 Å². The van der Waals surface area contributed by atoms with Gasteiger partial charge in [-0.2, -0.15) is 0 Å². The van der Waals surface area contributed by atoms with E-state index in [1.54, 1.807) is 0 Å². The Morgan fingerprint density at radius 1 is 1.38 bits per heavy atom. The van der Waals surface area contributed by atoms with Crippen molar-refractivity contribution < 1.29 is 4.74 Å². The van der Waals surface area contributed by atoms with Crippen molar-refractivity contribution in [2.45, 2.75) is 39.2 Å². The maximum absolute atomic E-state index is 7.99. The zero-order chi connectivity index (χ0) is 9.90. The van der Waals surface area contributed by atoms with Gasteiger partial charge >= 0.3 is 0 Å². The summed E-state index contributed by atoms with van der Waals surface area (Å²) in [6.45, 7) is 8.63. The van der Waals surface area contributed by atoms with Gasteiger partial charge in [0.25, 0.3) is 0 Å². The van der Waals surface area contributed by atoms with Crippen molar-refractivity contribution in [1.82, 2.24) is 4.90 Å². The molecule has 1 saturated heterocycles. The van der Waals surface area contributed by atoms with Gasteiger partial charge in [0.1, 0.15) is 11.4 Å². The van der Waals surface area contributed by atoms with Crippen LogP contribution in [0.1, 0.15) is 33.6 Å². The molecule has 76 valence electrons. The summed E-state index contributed by atoms with van der Waals surface area (Å²) < 4.78 is 5.54. The second-order valence-corrected chi connectivity index (χ2v) is 3.99. The van der Waals surface area contributed by atoms with E-state index in [2.05, 4.69) is 4.90 Å². The van der Waals surface area contributed by atoms with E-state index in [4.69, 9.17) is 10.1 Å². The zero-order valence-corrected chi connectivity index (χ0v) is 8.89. The van der Waals surface area contributed by atoms with Crippen LogP contribution in [0.3, 0.4) is 0 Å². The lowest BCUT2D eigenvalue weighted by atomic mass is 10.1. The number of nitrogens with one attached hydrogen (secondary N) is 1. The molecule has 0 radical (unpaired) electrons. The van der Waals surface area contributed by atoms with Crippen LogP contribution < -0.4 is 0 Å². The normalized spacial score (nSPS) is 17.9. The van der Waals surface area contributed by atoms with Crippen LogP contribution in [-0.4, -0.2) is 36.0 Å². The maximum atomic E-state index is 7.99. The Hall–Kier alpha value is -0.570. The Morgan fingerprint density at radius 2 is 1.92 bits per heavy atom. The smallest absolute Gasteiger partial charge is 0.128 e. The molecule has 3 heteroatoms. The molecule has 1 fully saturated rings. The molecule has 1 N–H and O–H groups in total. The molecule has 3 nitrogen and oxygen atoms in total. The number of hydrogen-bond donors (Lipinski definition) is 1. The van der Waals surface area contributed by atoms with E-state index in [1.807, 2.05) is 20.8 Å². The van der Waals surface area contributed by atoms with Gasteiger partial charge in [-0.1, -0.05) is 0 Å². The first-order chi connectivity index (χ1) is 6.08. The summed E-state index contributed by atoms with van der Waals surface area (Å²) in [6, 6.07) is 0. The highest BCUT2D eigenvalue weighted by Gasteiger charge is 2.29. The van der Waals surface area contributed by atoms with Crippen molar-refractivity contribution in [3.8, 4) is 0 Å². The number of hydrogen-bond acceptors (Lipinski definition) is 2. The molecule has 0 spiro atoms. The van der Waals surface area contributed by atoms with Gasteiger partial charge in [0.15, 0.2) is 0 Å². The molecular formula is C10H20N2O. The summed E-state index contributed by atoms with van der Waals surface area (Å²) in [7, 11) is 0. The molecular weight excluding hydrogens is 164 g/mol. The largest absolute Gasteiger partial charge is 0.368 e. The molecule has 1 aliphatic rings. The molecule has 0 aromatic heterocycles. The van der Waals surface area contributed by atoms with E-state index in [1.165, 1.54) is 12.8 Å². The molecule has 13 heavy (non-hydrogen) atoms. The molecule has 0 unspecified atom stereocenters. The Morgan fingerprint density at radius 3 is 2.38 bits per heavy atom. The first kappa shape index (κ1) is 10.5. The lowest BCUT2D eigenvalue weighted by Crippen LogP contribution is -2.45. The Kier molecular flexibility index (Phi) is 3.31. The number of likely N-dealkylation sites (tertiary alicyclic amines) is 1. The standard InChI is InChI=1S/C10H20N2O/c1-4-13-10(2,3)9(11)12-7-5-6-8-12/h11H,4-8H2,1-3H3. The molecule has 0 aliphatic carbocycles. The van der Waals surface area contributed by atoms with Gasteiger partial charge in [-0.15, -0.1) is 0 Å². The van der Waals surface area contributed by atoms with Gasteiger partial charge in [-0.05, 0) is 33.6 Å². The van der Waals surface area contributed by atoms with Crippen molar-refractivity contribution in [2.24, 2.45) is 0 Å². The minimum atomic E-state index is -0.418. The SMILES string of the molecule is CCOC(C)(C)C(=N)N1CCCC1. The third-order valence-electron chi connectivity index (χ3n) is 2.50. The van der Waals surface area contributed by atoms with Gasteiger partial charge in [0.05, 0.1) is 0 Å². The van der Waals surface area contributed by atoms with E-state index in [0.29, 0.717) is 12.4 Å². The minimum Gasteiger partial charge on any atom is -0.368 e. The number of ether oxygens (including phenoxy) is 1. The molecule has 0 bridgehead atoms. The molecule has 0 aromatic carbocycles. The second-order valence-electron chi connectivity index (χ2n) is 3.99. The van der Waals surface area contributed by atoms with Crippen LogP contribution in [0.2, 0.25) is 0 Å². The molecule has 1 heterocycles. The van der Waals surface area contributed by atoms with E-state index in [0.717, 1.165) is 13.1 Å². The van der Waals surface area contributed by atoms with Crippen LogP contribution in [0.25, 0.3) is 0 Å². The van der Waals surface area contributed by atoms with Gasteiger partial charge < -0.3 is 9.64 Å². The fourth-order valence-corrected chi connectivity index (χ4v) is 1.75. The third-order valence-corrected chi connectivity index (χ3v) is 2.50. The number of rotatable bonds is 3. The Labute approximate surface area is 80.6 Å². The van der Waals surface area contributed by atoms with Crippen LogP contribution in [0, 0.1) is 5.41 Å². The summed E-state index contributed by atoms with van der Waals surface area (Å²) in [5.41, 5.74) is -0.418. The molecule has 0 atom stereocenters. The molecule has 0 aromatic rings. The first-order valence-electron chi connectivity index (χ1n) is 5.06. The quantitative estimate of drug-likeness (QED) is 0.537. The Balaban J connectivity index is 2.53. The van der Waals surface area contributed by atoms with Crippen LogP contribution in [0.15, 0.2) is 0 Å². The predicted molar refractivity (Wildman–Crippen MR) is 54.2 cm³/mol. The van der Waals surface area contributed by atoms with Crippen molar-refractivity contribution >= 4 is 5.84 Å². The fourth-order valence-electron chi connectivity index (χ4n) is 1.75. The van der Waals surface area contributed by atoms with Crippen LogP contribution in [0.5, 0.6) is 0 Å². The highest BCUT2D eigenvalue weighted by Crippen LogP contribution is 2.18. The lowest BCUT2D eigenvalue weighted by Gasteiger charge is -2.31. The topological polar surface area (TPSA) is 36.3 Å².